The predicted molar refractivity (Wildman–Crippen MR) is 39.1 cm³/mol. The fraction of sp³-hybridized carbons (Fsp3) is 1.00. The summed E-state index contributed by atoms with van der Waals surface area (Å²) in [5.74, 6) is 0.719. The van der Waals surface area contributed by atoms with E-state index in [1.165, 1.54) is 6.42 Å². The van der Waals surface area contributed by atoms with Crippen LogP contribution >= 0.6 is 0 Å². The maximum absolute atomic E-state index is 4.96. The van der Waals surface area contributed by atoms with Crippen LogP contribution in [0.1, 0.15) is 27.2 Å². The van der Waals surface area contributed by atoms with Crippen molar-refractivity contribution in [2.45, 2.75) is 27.2 Å². The van der Waals surface area contributed by atoms with Crippen molar-refractivity contribution in [3.63, 3.8) is 0 Å². The summed E-state index contributed by atoms with van der Waals surface area (Å²) in [6.45, 7) is 8.06. The van der Waals surface area contributed by atoms with Crippen molar-refractivity contribution in [2.24, 2.45) is 5.92 Å². The molecule has 0 aliphatic heterocycles. The van der Waals surface area contributed by atoms with Gasteiger partial charge in [-0.05, 0) is 12.8 Å². The van der Waals surface area contributed by atoms with E-state index in [2.05, 4.69) is 19.3 Å². The third-order valence-electron chi connectivity index (χ3n) is 1.38. The Labute approximate surface area is 57.5 Å². The minimum atomic E-state index is 0.719. The SMILES string of the molecule is CCONCC(C)CC. The lowest BCUT2D eigenvalue weighted by Crippen LogP contribution is -2.20. The average Bonchev–Trinajstić information content (AvgIpc) is 1.89. The molecule has 0 amide bonds. The normalized spacial score (nSPS) is 13.7. The fourth-order valence-corrected chi connectivity index (χ4v) is 0.448. The Hall–Kier alpha value is -0.0800. The van der Waals surface area contributed by atoms with Crippen molar-refractivity contribution in [3.05, 3.63) is 0 Å². The zero-order chi connectivity index (χ0) is 7.11. The minimum Gasteiger partial charge on any atom is -0.302 e. The lowest BCUT2D eigenvalue weighted by molar-refractivity contribution is 0.0427. The summed E-state index contributed by atoms with van der Waals surface area (Å²) in [4.78, 5) is 4.96. The summed E-state index contributed by atoms with van der Waals surface area (Å²) in [7, 11) is 0. The Morgan fingerprint density at radius 3 is 2.56 bits per heavy atom. The molecule has 0 spiro atoms. The van der Waals surface area contributed by atoms with E-state index in [1.807, 2.05) is 6.92 Å². The summed E-state index contributed by atoms with van der Waals surface area (Å²) in [6.07, 6.45) is 1.21. The fourth-order valence-electron chi connectivity index (χ4n) is 0.448. The molecule has 0 radical (unpaired) electrons. The van der Waals surface area contributed by atoms with Crippen molar-refractivity contribution >= 4 is 0 Å². The van der Waals surface area contributed by atoms with E-state index in [-0.39, 0.29) is 0 Å². The molecule has 0 bridgehead atoms. The molecule has 0 saturated heterocycles. The van der Waals surface area contributed by atoms with Crippen LogP contribution in [0, 0.1) is 5.92 Å². The maximum Gasteiger partial charge on any atom is 0.0653 e. The first-order valence-corrected chi connectivity index (χ1v) is 3.65. The van der Waals surface area contributed by atoms with Gasteiger partial charge in [0.1, 0.15) is 0 Å². The summed E-state index contributed by atoms with van der Waals surface area (Å²) >= 11 is 0. The van der Waals surface area contributed by atoms with Gasteiger partial charge in [0.2, 0.25) is 0 Å². The lowest BCUT2D eigenvalue weighted by Gasteiger charge is -2.08. The molecule has 0 heterocycles. The van der Waals surface area contributed by atoms with Crippen LogP contribution < -0.4 is 5.48 Å². The predicted octanol–water partition coefficient (Wildman–Crippen LogP) is 1.57. The quantitative estimate of drug-likeness (QED) is 0.451. The summed E-state index contributed by atoms with van der Waals surface area (Å²) in [5.41, 5.74) is 2.89. The molecule has 0 aliphatic carbocycles. The van der Waals surface area contributed by atoms with E-state index in [9.17, 15) is 0 Å². The Morgan fingerprint density at radius 2 is 2.11 bits per heavy atom. The van der Waals surface area contributed by atoms with Gasteiger partial charge in [-0.2, -0.15) is 0 Å². The number of hydroxylamine groups is 1. The Balaban J connectivity index is 2.88. The van der Waals surface area contributed by atoms with Gasteiger partial charge in [0, 0.05) is 6.54 Å². The third-order valence-corrected chi connectivity index (χ3v) is 1.38. The van der Waals surface area contributed by atoms with Crippen molar-refractivity contribution < 1.29 is 4.84 Å². The monoisotopic (exact) mass is 131 g/mol. The number of rotatable bonds is 5. The van der Waals surface area contributed by atoms with Crippen LogP contribution in [-0.2, 0) is 4.84 Å². The van der Waals surface area contributed by atoms with E-state index >= 15 is 0 Å². The summed E-state index contributed by atoms with van der Waals surface area (Å²) in [6, 6.07) is 0. The molecule has 0 rings (SSSR count). The van der Waals surface area contributed by atoms with Crippen molar-refractivity contribution in [1.82, 2.24) is 5.48 Å². The summed E-state index contributed by atoms with van der Waals surface area (Å²) < 4.78 is 0. The summed E-state index contributed by atoms with van der Waals surface area (Å²) in [5, 5.41) is 0. The second kappa shape index (κ2) is 6.05. The molecule has 0 aromatic carbocycles. The molecule has 1 N–H and O–H groups in total. The van der Waals surface area contributed by atoms with E-state index in [1.54, 1.807) is 0 Å². The number of hydrogen-bond donors (Lipinski definition) is 1. The van der Waals surface area contributed by atoms with Crippen LogP contribution in [-0.4, -0.2) is 13.2 Å². The van der Waals surface area contributed by atoms with Crippen LogP contribution in [0.3, 0.4) is 0 Å². The van der Waals surface area contributed by atoms with Crippen LogP contribution in [0.25, 0.3) is 0 Å². The Kier molecular flexibility index (Phi) is 5.99. The van der Waals surface area contributed by atoms with Gasteiger partial charge < -0.3 is 4.84 Å². The molecule has 1 atom stereocenters. The van der Waals surface area contributed by atoms with Gasteiger partial charge in [0.25, 0.3) is 0 Å². The van der Waals surface area contributed by atoms with Crippen molar-refractivity contribution in [1.29, 1.82) is 0 Å². The van der Waals surface area contributed by atoms with Gasteiger partial charge in [-0.3, -0.25) is 0 Å². The van der Waals surface area contributed by atoms with E-state index in [0.29, 0.717) is 0 Å². The molecule has 0 aliphatic rings. The lowest BCUT2D eigenvalue weighted by atomic mass is 10.1. The Bertz CT molecular complexity index is 56.9. The first-order chi connectivity index (χ1) is 4.31. The van der Waals surface area contributed by atoms with E-state index in [4.69, 9.17) is 4.84 Å². The molecular formula is C7H17NO. The Morgan fingerprint density at radius 1 is 1.44 bits per heavy atom. The second-order valence-electron chi connectivity index (χ2n) is 2.29. The highest BCUT2D eigenvalue weighted by Crippen LogP contribution is 1.96. The molecule has 0 saturated carbocycles. The van der Waals surface area contributed by atoms with Crippen molar-refractivity contribution in [2.75, 3.05) is 13.2 Å². The van der Waals surface area contributed by atoms with Gasteiger partial charge >= 0.3 is 0 Å². The molecule has 2 nitrogen and oxygen atoms in total. The van der Waals surface area contributed by atoms with Crippen LogP contribution in [0.4, 0.5) is 0 Å². The van der Waals surface area contributed by atoms with Gasteiger partial charge in [-0.1, -0.05) is 20.3 Å². The molecule has 0 aromatic heterocycles. The molecule has 2 heteroatoms. The third kappa shape index (κ3) is 5.80. The largest absolute Gasteiger partial charge is 0.302 e. The van der Waals surface area contributed by atoms with Crippen LogP contribution in [0.15, 0.2) is 0 Å². The van der Waals surface area contributed by atoms with Crippen molar-refractivity contribution in [3.8, 4) is 0 Å². The van der Waals surface area contributed by atoms with E-state index < -0.39 is 0 Å². The van der Waals surface area contributed by atoms with Crippen LogP contribution in [0.5, 0.6) is 0 Å². The standard InChI is InChI=1S/C7H17NO/c1-4-7(3)6-8-9-5-2/h7-8H,4-6H2,1-3H3. The van der Waals surface area contributed by atoms with Gasteiger partial charge in [0.05, 0.1) is 6.61 Å². The highest BCUT2D eigenvalue weighted by atomic mass is 16.6. The molecule has 9 heavy (non-hydrogen) atoms. The van der Waals surface area contributed by atoms with Gasteiger partial charge in [-0.15, -0.1) is 0 Å². The second-order valence-corrected chi connectivity index (χ2v) is 2.29. The van der Waals surface area contributed by atoms with Gasteiger partial charge in [-0.25, -0.2) is 5.48 Å². The zero-order valence-electron chi connectivity index (χ0n) is 6.61. The topological polar surface area (TPSA) is 21.3 Å². The highest BCUT2D eigenvalue weighted by molar-refractivity contribution is 4.47. The zero-order valence-corrected chi connectivity index (χ0v) is 6.61. The minimum absolute atomic E-state index is 0.719. The smallest absolute Gasteiger partial charge is 0.0653 e. The molecular weight excluding hydrogens is 114 g/mol. The molecule has 0 aromatic rings. The molecule has 56 valence electrons. The first kappa shape index (κ1) is 8.92. The molecule has 1 unspecified atom stereocenters. The molecule has 0 fully saturated rings. The number of nitrogens with one attached hydrogen (secondary N) is 1. The highest BCUT2D eigenvalue weighted by Gasteiger charge is 1.95. The number of hydrogen-bond acceptors (Lipinski definition) is 2. The average molecular weight is 131 g/mol. The van der Waals surface area contributed by atoms with Crippen LogP contribution in [0.2, 0.25) is 0 Å². The maximum atomic E-state index is 4.96. The van der Waals surface area contributed by atoms with Gasteiger partial charge in [0.15, 0.2) is 0 Å². The first-order valence-electron chi connectivity index (χ1n) is 3.65. The van der Waals surface area contributed by atoms with E-state index in [0.717, 1.165) is 19.1 Å².